The SMILES string of the molecule is CC(C)(C)C(=O)OC[C@H]1O[C@@H](OC2CCCCC2)[C@H](OC(=O)C(C)(C)C)[C@@H](OC(=O)C(C)(C)C)[C@@H]1OC(=O)C(C)(C)C. The molecule has 1 saturated heterocycles. The van der Waals surface area contributed by atoms with Crippen molar-refractivity contribution in [3.8, 4) is 0 Å². The number of hydrogen-bond donors (Lipinski definition) is 0. The van der Waals surface area contributed by atoms with E-state index in [1.54, 1.807) is 83.1 Å². The van der Waals surface area contributed by atoms with Gasteiger partial charge in [-0.2, -0.15) is 0 Å². The van der Waals surface area contributed by atoms with E-state index >= 15 is 0 Å². The number of hydrogen-bond acceptors (Lipinski definition) is 10. The summed E-state index contributed by atoms with van der Waals surface area (Å²) in [5.74, 6) is -2.23. The van der Waals surface area contributed by atoms with Crippen LogP contribution >= 0.6 is 0 Å². The third kappa shape index (κ3) is 10.2. The molecule has 0 aromatic heterocycles. The first-order valence-electron chi connectivity index (χ1n) is 15.1. The highest BCUT2D eigenvalue weighted by atomic mass is 16.7. The molecule has 0 aromatic rings. The molecular weight excluding hydrogens is 544 g/mol. The summed E-state index contributed by atoms with van der Waals surface area (Å²) in [6.07, 6.45) is -1.60. The van der Waals surface area contributed by atoms with Crippen LogP contribution in [0.25, 0.3) is 0 Å². The number of rotatable bonds is 7. The van der Waals surface area contributed by atoms with Gasteiger partial charge in [-0.1, -0.05) is 19.3 Å². The summed E-state index contributed by atoms with van der Waals surface area (Å²) in [6, 6.07) is 0. The van der Waals surface area contributed by atoms with Gasteiger partial charge < -0.3 is 28.4 Å². The summed E-state index contributed by atoms with van der Waals surface area (Å²) in [6.45, 7) is 20.1. The van der Waals surface area contributed by atoms with E-state index in [-0.39, 0.29) is 12.7 Å². The van der Waals surface area contributed by atoms with Crippen LogP contribution in [0.2, 0.25) is 0 Å². The van der Waals surface area contributed by atoms with Crippen molar-refractivity contribution in [1.29, 1.82) is 0 Å². The molecule has 1 heterocycles. The lowest BCUT2D eigenvalue weighted by molar-refractivity contribution is -0.321. The minimum Gasteiger partial charge on any atom is -0.462 e. The van der Waals surface area contributed by atoms with E-state index in [0.29, 0.717) is 0 Å². The van der Waals surface area contributed by atoms with Crippen LogP contribution in [0.5, 0.6) is 0 Å². The largest absolute Gasteiger partial charge is 0.462 e. The van der Waals surface area contributed by atoms with E-state index in [9.17, 15) is 19.2 Å². The van der Waals surface area contributed by atoms with Crippen molar-refractivity contribution in [2.45, 2.75) is 152 Å². The van der Waals surface area contributed by atoms with Crippen LogP contribution < -0.4 is 0 Å². The molecule has 2 rings (SSSR count). The van der Waals surface area contributed by atoms with Crippen LogP contribution in [0.4, 0.5) is 0 Å². The van der Waals surface area contributed by atoms with Crippen LogP contribution in [0.1, 0.15) is 115 Å². The Morgan fingerprint density at radius 3 is 1.40 bits per heavy atom. The summed E-state index contributed by atoms with van der Waals surface area (Å²) in [4.78, 5) is 52.5. The van der Waals surface area contributed by atoms with Gasteiger partial charge in [-0.3, -0.25) is 19.2 Å². The second kappa shape index (κ2) is 13.6. The van der Waals surface area contributed by atoms with Crippen molar-refractivity contribution in [2.24, 2.45) is 21.7 Å². The second-order valence-electron chi connectivity index (χ2n) is 15.6. The maximum Gasteiger partial charge on any atom is 0.311 e. The summed E-state index contributed by atoms with van der Waals surface area (Å²) in [5, 5.41) is 0. The van der Waals surface area contributed by atoms with Crippen molar-refractivity contribution in [2.75, 3.05) is 6.61 Å². The maximum atomic E-state index is 13.3. The van der Waals surface area contributed by atoms with E-state index in [2.05, 4.69) is 0 Å². The topological polar surface area (TPSA) is 124 Å². The molecule has 1 aliphatic heterocycles. The molecule has 5 atom stereocenters. The third-order valence-electron chi connectivity index (χ3n) is 7.03. The van der Waals surface area contributed by atoms with E-state index in [0.717, 1.165) is 32.1 Å². The van der Waals surface area contributed by atoms with E-state index in [1.165, 1.54) is 0 Å². The van der Waals surface area contributed by atoms with Crippen LogP contribution in [0, 0.1) is 21.7 Å². The van der Waals surface area contributed by atoms with Crippen LogP contribution in [0.15, 0.2) is 0 Å². The zero-order valence-electron chi connectivity index (χ0n) is 27.8. The molecule has 242 valence electrons. The van der Waals surface area contributed by atoms with Gasteiger partial charge in [0.1, 0.15) is 12.7 Å². The predicted molar refractivity (Wildman–Crippen MR) is 155 cm³/mol. The molecule has 2 fully saturated rings. The number of ether oxygens (including phenoxy) is 6. The van der Waals surface area contributed by atoms with Crippen LogP contribution in [-0.4, -0.2) is 67.3 Å². The molecule has 0 spiro atoms. The first-order valence-corrected chi connectivity index (χ1v) is 15.1. The average molecular weight is 599 g/mol. The maximum absolute atomic E-state index is 13.3. The van der Waals surface area contributed by atoms with Gasteiger partial charge in [0, 0.05) is 0 Å². The minimum atomic E-state index is -1.30. The first kappa shape index (κ1) is 36.0. The molecule has 1 aliphatic carbocycles. The van der Waals surface area contributed by atoms with Gasteiger partial charge in [-0.05, 0) is 95.9 Å². The quantitative estimate of drug-likeness (QED) is 0.273. The monoisotopic (exact) mass is 598 g/mol. The van der Waals surface area contributed by atoms with Crippen molar-refractivity contribution >= 4 is 23.9 Å². The third-order valence-corrected chi connectivity index (χ3v) is 7.03. The Hall–Kier alpha value is -2.20. The minimum absolute atomic E-state index is 0.176. The van der Waals surface area contributed by atoms with Crippen molar-refractivity contribution in [3.63, 3.8) is 0 Å². The standard InChI is InChI=1S/C32H54O10/c1-29(2,3)25(33)37-18-20-21(40-26(34)30(4,5)6)22(41-27(35)31(7,8)9)23(42-28(36)32(10,11)12)24(39-20)38-19-16-14-13-15-17-19/h19-24H,13-18H2,1-12H3/t20-,21-,22+,23-,24-/m1/s1. The molecule has 0 radical (unpaired) electrons. The van der Waals surface area contributed by atoms with Crippen molar-refractivity contribution < 1.29 is 47.6 Å². The highest BCUT2D eigenvalue weighted by Gasteiger charge is 2.55. The lowest BCUT2D eigenvalue weighted by atomic mass is 9.92. The summed E-state index contributed by atoms with van der Waals surface area (Å²) in [7, 11) is 0. The zero-order valence-corrected chi connectivity index (χ0v) is 27.8. The van der Waals surface area contributed by atoms with Crippen molar-refractivity contribution in [3.05, 3.63) is 0 Å². The van der Waals surface area contributed by atoms with E-state index in [4.69, 9.17) is 28.4 Å². The second-order valence-corrected chi connectivity index (χ2v) is 15.6. The lowest BCUT2D eigenvalue weighted by Crippen LogP contribution is -2.64. The molecule has 10 nitrogen and oxygen atoms in total. The fourth-order valence-corrected chi connectivity index (χ4v) is 4.19. The van der Waals surface area contributed by atoms with Gasteiger partial charge >= 0.3 is 23.9 Å². The summed E-state index contributed by atoms with van der Waals surface area (Å²) < 4.78 is 36.4. The van der Waals surface area contributed by atoms with E-state index < -0.39 is 76.2 Å². The molecule has 1 saturated carbocycles. The predicted octanol–water partition coefficient (Wildman–Crippen LogP) is 5.52. The Morgan fingerprint density at radius 2 is 0.976 bits per heavy atom. The van der Waals surface area contributed by atoms with Gasteiger partial charge in [0.15, 0.2) is 24.6 Å². The Bertz CT molecular complexity index is 954. The van der Waals surface area contributed by atoms with Gasteiger partial charge in [0.05, 0.1) is 27.8 Å². The molecule has 42 heavy (non-hydrogen) atoms. The molecule has 0 N–H and O–H groups in total. The smallest absolute Gasteiger partial charge is 0.311 e. The normalized spacial score (nSPS) is 26.2. The first-order chi connectivity index (χ1) is 19.0. The Balaban J connectivity index is 2.63. The molecular formula is C32H54O10. The number of carbonyl (C=O) groups is 4. The molecule has 0 bridgehead atoms. The van der Waals surface area contributed by atoms with E-state index in [1.807, 2.05) is 0 Å². The lowest BCUT2D eigenvalue weighted by Gasteiger charge is -2.46. The number of carbonyl (C=O) groups excluding carboxylic acids is 4. The Morgan fingerprint density at radius 1 is 0.571 bits per heavy atom. The highest BCUT2D eigenvalue weighted by Crippen LogP contribution is 2.36. The van der Waals surface area contributed by atoms with Crippen LogP contribution in [0.3, 0.4) is 0 Å². The van der Waals surface area contributed by atoms with Gasteiger partial charge in [-0.25, -0.2) is 0 Å². The summed E-state index contributed by atoms with van der Waals surface area (Å²) in [5.41, 5.74) is -3.54. The van der Waals surface area contributed by atoms with Gasteiger partial charge in [-0.15, -0.1) is 0 Å². The Labute approximate surface area is 251 Å². The zero-order chi connectivity index (χ0) is 32.3. The number of esters is 4. The molecule has 0 amide bonds. The van der Waals surface area contributed by atoms with Gasteiger partial charge in [0.2, 0.25) is 0 Å². The average Bonchev–Trinajstić information content (AvgIpc) is 2.84. The fraction of sp³-hybridized carbons (Fsp3) is 0.875. The van der Waals surface area contributed by atoms with Gasteiger partial charge in [0.25, 0.3) is 0 Å². The molecule has 10 heteroatoms. The molecule has 2 aliphatic rings. The highest BCUT2D eigenvalue weighted by molar-refractivity contribution is 5.78. The van der Waals surface area contributed by atoms with Crippen molar-refractivity contribution in [1.82, 2.24) is 0 Å². The summed E-state index contributed by atoms with van der Waals surface area (Å²) >= 11 is 0. The van der Waals surface area contributed by atoms with Crippen LogP contribution in [-0.2, 0) is 47.6 Å². The molecule has 0 aromatic carbocycles. The Kier molecular flexibility index (Phi) is 11.7. The fourth-order valence-electron chi connectivity index (χ4n) is 4.19. The molecule has 0 unspecified atom stereocenters.